The van der Waals surface area contributed by atoms with Gasteiger partial charge < -0.3 is 5.73 Å². The number of hydrogen-bond donors (Lipinski definition) is 1. The van der Waals surface area contributed by atoms with Crippen molar-refractivity contribution in [1.29, 1.82) is 0 Å². The molecule has 0 aliphatic carbocycles. The van der Waals surface area contributed by atoms with Crippen molar-refractivity contribution in [2.24, 2.45) is 0 Å². The highest BCUT2D eigenvalue weighted by molar-refractivity contribution is 5.65. The quantitative estimate of drug-likeness (QED) is 0.881. The molecule has 0 unspecified atom stereocenters. The van der Waals surface area contributed by atoms with E-state index in [2.05, 4.69) is 23.9 Å². The summed E-state index contributed by atoms with van der Waals surface area (Å²) in [5, 5.41) is 4.54. The number of hydrogen-bond acceptors (Lipinski definition) is 3. The zero-order valence-electron chi connectivity index (χ0n) is 10.6. The Kier molecular flexibility index (Phi) is 3.13. The molecule has 0 aliphatic heterocycles. The van der Waals surface area contributed by atoms with Gasteiger partial charge in [-0.25, -0.2) is 0 Å². The first-order valence-electron chi connectivity index (χ1n) is 5.89. The van der Waals surface area contributed by atoms with Gasteiger partial charge in [-0.3, -0.25) is 9.67 Å². The van der Waals surface area contributed by atoms with Crippen molar-refractivity contribution in [3.05, 3.63) is 29.7 Å². The van der Waals surface area contributed by atoms with Crippen LogP contribution in [0.25, 0.3) is 11.3 Å². The number of pyridine rings is 1. The van der Waals surface area contributed by atoms with Crippen molar-refractivity contribution in [3.63, 3.8) is 0 Å². The minimum atomic E-state index is 0.685. The molecule has 0 saturated carbocycles. The summed E-state index contributed by atoms with van der Waals surface area (Å²) in [5.74, 6) is 0. The highest BCUT2D eigenvalue weighted by Crippen LogP contribution is 2.25. The molecule has 0 radical (unpaired) electrons. The molecule has 0 aromatic carbocycles. The second-order valence-corrected chi connectivity index (χ2v) is 4.25. The van der Waals surface area contributed by atoms with Gasteiger partial charge in [0, 0.05) is 17.8 Å². The predicted molar refractivity (Wildman–Crippen MR) is 69.6 cm³/mol. The molecule has 2 heterocycles. The van der Waals surface area contributed by atoms with Crippen molar-refractivity contribution in [3.8, 4) is 11.3 Å². The molecular formula is C13H18N4. The normalized spacial score (nSPS) is 10.8. The van der Waals surface area contributed by atoms with Crippen LogP contribution < -0.4 is 5.73 Å². The van der Waals surface area contributed by atoms with Crippen molar-refractivity contribution < 1.29 is 0 Å². The monoisotopic (exact) mass is 230 g/mol. The van der Waals surface area contributed by atoms with Crippen LogP contribution in [-0.4, -0.2) is 14.8 Å². The van der Waals surface area contributed by atoms with Crippen LogP contribution in [0.2, 0.25) is 0 Å². The Hall–Kier alpha value is -1.84. The van der Waals surface area contributed by atoms with Crippen LogP contribution >= 0.6 is 0 Å². The summed E-state index contributed by atoms with van der Waals surface area (Å²) in [6, 6.07) is 3.82. The fourth-order valence-electron chi connectivity index (χ4n) is 2.05. The topological polar surface area (TPSA) is 56.7 Å². The summed E-state index contributed by atoms with van der Waals surface area (Å²) in [7, 11) is 0. The third-order valence-electron chi connectivity index (χ3n) is 2.86. The van der Waals surface area contributed by atoms with E-state index in [1.807, 2.05) is 23.7 Å². The van der Waals surface area contributed by atoms with Crippen LogP contribution in [0.4, 0.5) is 5.69 Å². The van der Waals surface area contributed by atoms with E-state index in [9.17, 15) is 0 Å². The van der Waals surface area contributed by atoms with E-state index >= 15 is 0 Å². The second kappa shape index (κ2) is 4.57. The molecule has 17 heavy (non-hydrogen) atoms. The van der Waals surface area contributed by atoms with Gasteiger partial charge in [0.15, 0.2) is 0 Å². The molecule has 2 aromatic heterocycles. The Bertz CT molecular complexity index is 511. The molecule has 0 atom stereocenters. The largest absolute Gasteiger partial charge is 0.397 e. The average Bonchev–Trinajstić information content (AvgIpc) is 2.57. The highest BCUT2D eigenvalue weighted by atomic mass is 15.3. The van der Waals surface area contributed by atoms with Crippen LogP contribution in [0.3, 0.4) is 0 Å². The minimum absolute atomic E-state index is 0.685. The first-order chi connectivity index (χ1) is 8.13. The molecule has 2 N–H and O–H groups in total. The van der Waals surface area contributed by atoms with Crippen molar-refractivity contribution in [2.45, 2.75) is 33.7 Å². The number of aryl methyl sites for hydroxylation is 2. The van der Waals surface area contributed by atoms with Crippen LogP contribution in [0.15, 0.2) is 18.3 Å². The van der Waals surface area contributed by atoms with E-state index < -0.39 is 0 Å². The number of aromatic nitrogens is 3. The standard InChI is InChI=1S/C13H18N4/c1-4-7-17-10(3)13(9(2)16-17)12-6-5-11(14)8-15-12/h5-6,8H,4,7,14H2,1-3H3. The third kappa shape index (κ3) is 2.16. The molecule has 2 aromatic rings. The van der Waals surface area contributed by atoms with Gasteiger partial charge in [0.25, 0.3) is 0 Å². The van der Waals surface area contributed by atoms with Gasteiger partial charge in [0.1, 0.15) is 0 Å². The minimum Gasteiger partial charge on any atom is -0.397 e. The summed E-state index contributed by atoms with van der Waals surface area (Å²) in [4.78, 5) is 4.37. The second-order valence-electron chi connectivity index (χ2n) is 4.25. The van der Waals surface area contributed by atoms with Crippen LogP contribution in [0.5, 0.6) is 0 Å². The van der Waals surface area contributed by atoms with Crippen LogP contribution in [0, 0.1) is 13.8 Å². The van der Waals surface area contributed by atoms with E-state index in [4.69, 9.17) is 5.73 Å². The number of nitrogen functional groups attached to an aromatic ring is 1. The maximum absolute atomic E-state index is 5.65. The molecule has 4 heteroatoms. The number of nitrogens with two attached hydrogens (primary N) is 1. The van der Waals surface area contributed by atoms with Gasteiger partial charge >= 0.3 is 0 Å². The Labute approximate surface area is 101 Å². The van der Waals surface area contributed by atoms with E-state index in [0.717, 1.165) is 29.9 Å². The van der Waals surface area contributed by atoms with Gasteiger partial charge in [-0.05, 0) is 32.4 Å². The molecule has 0 bridgehead atoms. The third-order valence-corrected chi connectivity index (χ3v) is 2.86. The predicted octanol–water partition coefficient (Wildman–Crippen LogP) is 2.55. The maximum Gasteiger partial charge on any atom is 0.0740 e. The Morgan fingerprint density at radius 1 is 1.29 bits per heavy atom. The Morgan fingerprint density at radius 3 is 2.65 bits per heavy atom. The van der Waals surface area contributed by atoms with Crippen LogP contribution in [-0.2, 0) is 6.54 Å². The highest BCUT2D eigenvalue weighted by Gasteiger charge is 2.13. The van der Waals surface area contributed by atoms with Crippen molar-refractivity contribution in [2.75, 3.05) is 5.73 Å². The van der Waals surface area contributed by atoms with Crippen molar-refractivity contribution in [1.82, 2.24) is 14.8 Å². The van der Waals surface area contributed by atoms with Gasteiger partial charge in [-0.1, -0.05) is 6.92 Å². The fourth-order valence-corrected chi connectivity index (χ4v) is 2.05. The summed E-state index contributed by atoms with van der Waals surface area (Å²) in [6.45, 7) is 7.20. The zero-order chi connectivity index (χ0) is 12.4. The number of anilines is 1. The van der Waals surface area contributed by atoms with Gasteiger partial charge in [0.2, 0.25) is 0 Å². The van der Waals surface area contributed by atoms with Gasteiger partial charge in [-0.2, -0.15) is 5.10 Å². The summed E-state index contributed by atoms with van der Waals surface area (Å²) in [5.41, 5.74) is 10.6. The van der Waals surface area contributed by atoms with E-state index in [1.165, 1.54) is 5.69 Å². The average molecular weight is 230 g/mol. The number of rotatable bonds is 3. The maximum atomic E-state index is 5.65. The molecule has 4 nitrogen and oxygen atoms in total. The van der Waals surface area contributed by atoms with E-state index in [1.54, 1.807) is 6.20 Å². The summed E-state index contributed by atoms with van der Waals surface area (Å²) >= 11 is 0. The molecule has 2 rings (SSSR count). The van der Waals surface area contributed by atoms with Gasteiger partial charge in [-0.15, -0.1) is 0 Å². The van der Waals surface area contributed by atoms with E-state index in [-0.39, 0.29) is 0 Å². The van der Waals surface area contributed by atoms with E-state index in [0.29, 0.717) is 5.69 Å². The molecular weight excluding hydrogens is 212 g/mol. The molecule has 0 aliphatic rings. The van der Waals surface area contributed by atoms with Crippen LogP contribution in [0.1, 0.15) is 24.7 Å². The fraction of sp³-hybridized carbons (Fsp3) is 0.385. The lowest BCUT2D eigenvalue weighted by Crippen LogP contribution is -2.01. The Morgan fingerprint density at radius 2 is 2.06 bits per heavy atom. The lowest BCUT2D eigenvalue weighted by molar-refractivity contribution is 0.583. The zero-order valence-corrected chi connectivity index (χ0v) is 10.6. The SMILES string of the molecule is CCCn1nc(C)c(-c2ccc(N)cn2)c1C. The summed E-state index contributed by atoms with van der Waals surface area (Å²) < 4.78 is 2.04. The first-order valence-corrected chi connectivity index (χ1v) is 5.89. The lowest BCUT2D eigenvalue weighted by Gasteiger charge is -2.03. The molecule has 0 spiro atoms. The molecule has 0 saturated heterocycles. The van der Waals surface area contributed by atoms with Crippen molar-refractivity contribution >= 4 is 5.69 Å². The smallest absolute Gasteiger partial charge is 0.0740 e. The Balaban J connectivity index is 2.48. The molecule has 0 fully saturated rings. The van der Waals surface area contributed by atoms with Gasteiger partial charge in [0.05, 0.1) is 23.3 Å². The lowest BCUT2D eigenvalue weighted by atomic mass is 10.1. The first kappa shape index (κ1) is 11.6. The molecule has 0 amide bonds. The number of nitrogens with zero attached hydrogens (tertiary/aromatic N) is 3. The summed E-state index contributed by atoms with van der Waals surface area (Å²) in [6.07, 6.45) is 2.77. The molecule has 90 valence electrons.